The molecule has 1 atom stereocenters. The molecule has 7 nitrogen and oxygen atoms in total. The summed E-state index contributed by atoms with van der Waals surface area (Å²) in [7, 11) is 0. The average Bonchev–Trinajstić information content (AvgIpc) is 3.22. The summed E-state index contributed by atoms with van der Waals surface area (Å²) in [5.41, 5.74) is 2.75. The zero-order chi connectivity index (χ0) is 22.4. The van der Waals surface area contributed by atoms with Crippen LogP contribution in [0.1, 0.15) is 36.4 Å². The summed E-state index contributed by atoms with van der Waals surface area (Å²) in [5.74, 6) is -0.178. The second-order valence-corrected chi connectivity index (χ2v) is 7.82. The molecule has 0 aliphatic rings. The van der Waals surface area contributed by atoms with Crippen LogP contribution in [0.15, 0.2) is 47.0 Å². The Hall–Kier alpha value is -2.90. The van der Waals surface area contributed by atoms with E-state index in [4.69, 9.17) is 32.5 Å². The van der Waals surface area contributed by atoms with E-state index in [9.17, 15) is 9.59 Å². The number of esters is 1. The first-order valence-corrected chi connectivity index (χ1v) is 10.4. The fourth-order valence-electron chi connectivity index (χ4n) is 2.75. The van der Waals surface area contributed by atoms with E-state index in [2.05, 4.69) is 15.5 Å². The van der Waals surface area contributed by atoms with Crippen LogP contribution in [0.4, 0.5) is 0 Å². The molecule has 0 radical (unpaired) electrons. The summed E-state index contributed by atoms with van der Waals surface area (Å²) in [6.45, 7) is 3.40. The minimum absolute atomic E-state index is 0.0190. The van der Waals surface area contributed by atoms with Crippen LogP contribution < -0.4 is 5.32 Å². The largest absolute Gasteiger partial charge is 0.456 e. The van der Waals surface area contributed by atoms with Crippen LogP contribution in [0.3, 0.4) is 0 Å². The Balaban J connectivity index is 1.42. The maximum Gasteiger partial charge on any atom is 0.306 e. The third-order valence-corrected chi connectivity index (χ3v) is 5.25. The van der Waals surface area contributed by atoms with Gasteiger partial charge in [0.1, 0.15) is 0 Å². The molecule has 0 aliphatic heterocycles. The SMILES string of the molecule is Cc1ccc(-c2noc(CCC(=O)OCC(=O)NC(C)c3ccc(Cl)c(Cl)c3)n2)cc1. The van der Waals surface area contributed by atoms with Gasteiger partial charge >= 0.3 is 5.97 Å². The molecule has 9 heteroatoms. The van der Waals surface area contributed by atoms with Gasteiger partial charge < -0.3 is 14.6 Å². The highest BCUT2D eigenvalue weighted by molar-refractivity contribution is 6.42. The van der Waals surface area contributed by atoms with Gasteiger partial charge in [-0.2, -0.15) is 4.98 Å². The van der Waals surface area contributed by atoms with Crippen molar-refractivity contribution < 1.29 is 18.8 Å². The summed E-state index contributed by atoms with van der Waals surface area (Å²) in [6.07, 6.45) is 0.240. The second-order valence-electron chi connectivity index (χ2n) is 7.00. The Morgan fingerprint density at radius 2 is 1.87 bits per heavy atom. The van der Waals surface area contributed by atoms with E-state index in [1.807, 2.05) is 31.2 Å². The van der Waals surface area contributed by atoms with Gasteiger partial charge in [-0.1, -0.05) is 64.3 Å². The Kier molecular flexibility index (Phi) is 7.65. The summed E-state index contributed by atoms with van der Waals surface area (Å²) < 4.78 is 10.2. The lowest BCUT2D eigenvalue weighted by Crippen LogP contribution is -2.31. The maximum absolute atomic E-state index is 12.1. The number of hydrogen-bond acceptors (Lipinski definition) is 6. The number of ether oxygens (including phenoxy) is 1. The highest BCUT2D eigenvalue weighted by Crippen LogP contribution is 2.25. The molecular formula is C22H21Cl2N3O4. The molecule has 0 aliphatic carbocycles. The average molecular weight is 462 g/mol. The van der Waals surface area contributed by atoms with Crippen LogP contribution >= 0.6 is 23.2 Å². The van der Waals surface area contributed by atoms with E-state index in [0.29, 0.717) is 21.8 Å². The van der Waals surface area contributed by atoms with Crippen molar-refractivity contribution in [1.29, 1.82) is 0 Å². The van der Waals surface area contributed by atoms with E-state index in [1.165, 1.54) is 0 Å². The Morgan fingerprint density at radius 3 is 2.58 bits per heavy atom. The molecule has 0 spiro atoms. The minimum Gasteiger partial charge on any atom is -0.456 e. The number of hydrogen-bond donors (Lipinski definition) is 1. The zero-order valence-corrected chi connectivity index (χ0v) is 18.5. The van der Waals surface area contributed by atoms with Crippen LogP contribution in [-0.2, 0) is 20.7 Å². The number of rotatable bonds is 8. The van der Waals surface area contributed by atoms with Gasteiger partial charge in [0, 0.05) is 12.0 Å². The van der Waals surface area contributed by atoms with Crippen LogP contribution in [0.2, 0.25) is 10.0 Å². The summed E-state index contributed by atoms with van der Waals surface area (Å²) in [5, 5.41) is 7.50. The van der Waals surface area contributed by atoms with Crippen LogP contribution in [0.5, 0.6) is 0 Å². The van der Waals surface area contributed by atoms with Crippen LogP contribution in [0.25, 0.3) is 11.4 Å². The number of nitrogens with zero attached hydrogens (tertiary/aromatic N) is 2. The number of aryl methyl sites for hydroxylation is 2. The van der Waals surface area contributed by atoms with Gasteiger partial charge in [0.2, 0.25) is 11.7 Å². The highest BCUT2D eigenvalue weighted by Gasteiger charge is 2.15. The summed E-state index contributed by atoms with van der Waals surface area (Å²) in [6, 6.07) is 12.5. The summed E-state index contributed by atoms with van der Waals surface area (Å²) in [4.78, 5) is 28.3. The number of amides is 1. The smallest absolute Gasteiger partial charge is 0.306 e. The van der Waals surface area contributed by atoms with E-state index >= 15 is 0 Å². The summed E-state index contributed by atoms with van der Waals surface area (Å²) >= 11 is 11.9. The normalized spacial score (nSPS) is 11.7. The van der Waals surface area contributed by atoms with Gasteiger partial charge in [0.25, 0.3) is 5.91 Å². The van der Waals surface area contributed by atoms with E-state index < -0.39 is 11.9 Å². The van der Waals surface area contributed by atoms with Crippen LogP contribution in [0, 0.1) is 6.92 Å². The number of carbonyl (C=O) groups is 2. The van der Waals surface area contributed by atoms with Gasteiger partial charge in [-0.3, -0.25) is 9.59 Å². The number of carbonyl (C=O) groups excluding carboxylic acids is 2. The quantitative estimate of drug-likeness (QED) is 0.488. The lowest BCUT2D eigenvalue weighted by Gasteiger charge is -2.15. The van der Waals surface area contributed by atoms with E-state index in [1.54, 1.807) is 25.1 Å². The molecule has 1 unspecified atom stereocenters. The monoisotopic (exact) mass is 461 g/mol. The Morgan fingerprint density at radius 1 is 1.13 bits per heavy atom. The molecule has 31 heavy (non-hydrogen) atoms. The maximum atomic E-state index is 12.1. The Labute approximate surface area is 189 Å². The molecule has 1 heterocycles. The molecule has 2 aromatic carbocycles. The molecular weight excluding hydrogens is 441 g/mol. The molecule has 0 saturated heterocycles. The third kappa shape index (κ3) is 6.54. The van der Waals surface area contributed by atoms with E-state index in [-0.39, 0.29) is 25.5 Å². The first-order chi connectivity index (χ1) is 14.8. The molecule has 3 rings (SSSR count). The first kappa shape index (κ1) is 22.8. The predicted molar refractivity (Wildman–Crippen MR) is 117 cm³/mol. The number of halogens is 2. The molecule has 0 fully saturated rings. The number of nitrogens with one attached hydrogen (secondary N) is 1. The lowest BCUT2D eigenvalue weighted by molar-refractivity contribution is -0.148. The van der Waals surface area contributed by atoms with Gasteiger partial charge in [-0.25, -0.2) is 0 Å². The van der Waals surface area contributed by atoms with Gasteiger partial charge in [-0.05, 0) is 31.5 Å². The topological polar surface area (TPSA) is 94.3 Å². The second kappa shape index (κ2) is 10.4. The van der Waals surface area contributed by atoms with Crippen LogP contribution in [-0.4, -0.2) is 28.6 Å². The molecule has 1 amide bonds. The minimum atomic E-state index is -0.535. The van der Waals surface area contributed by atoms with Crippen molar-refractivity contribution in [2.24, 2.45) is 0 Å². The van der Waals surface area contributed by atoms with Gasteiger partial charge in [0.15, 0.2) is 6.61 Å². The fraction of sp³-hybridized carbons (Fsp3) is 0.273. The third-order valence-electron chi connectivity index (χ3n) is 4.51. The first-order valence-electron chi connectivity index (χ1n) is 9.61. The Bertz CT molecular complexity index is 1070. The molecule has 0 bridgehead atoms. The molecule has 1 N–H and O–H groups in total. The van der Waals surface area contributed by atoms with Crippen molar-refractivity contribution in [3.05, 3.63) is 69.5 Å². The lowest BCUT2D eigenvalue weighted by atomic mass is 10.1. The molecule has 162 valence electrons. The van der Waals surface area contributed by atoms with Crippen molar-refractivity contribution in [3.8, 4) is 11.4 Å². The zero-order valence-electron chi connectivity index (χ0n) is 17.0. The molecule has 3 aromatic rings. The van der Waals surface area contributed by atoms with Crippen molar-refractivity contribution in [1.82, 2.24) is 15.5 Å². The highest BCUT2D eigenvalue weighted by atomic mass is 35.5. The number of aromatic nitrogens is 2. The van der Waals surface area contributed by atoms with Crippen molar-refractivity contribution in [3.63, 3.8) is 0 Å². The fourth-order valence-corrected chi connectivity index (χ4v) is 3.06. The van der Waals surface area contributed by atoms with Gasteiger partial charge in [0.05, 0.1) is 22.5 Å². The van der Waals surface area contributed by atoms with Gasteiger partial charge in [-0.15, -0.1) is 0 Å². The van der Waals surface area contributed by atoms with Crippen molar-refractivity contribution >= 4 is 35.1 Å². The predicted octanol–water partition coefficient (Wildman–Crippen LogP) is 4.71. The molecule has 1 aromatic heterocycles. The van der Waals surface area contributed by atoms with E-state index in [0.717, 1.165) is 16.7 Å². The van der Waals surface area contributed by atoms with Crippen molar-refractivity contribution in [2.45, 2.75) is 32.7 Å². The number of benzene rings is 2. The van der Waals surface area contributed by atoms with Crippen molar-refractivity contribution in [2.75, 3.05) is 6.61 Å². The standard InChI is InChI=1S/C22H21Cl2N3O4/c1-13-3-5-15(6-4-13)22-26-20(31-27-22)9-10-21(29)30-12-19(28)25-14(2)16-7-8-17(23)18(24)11-16/h3-8,11,14H,9-10,12H2,1-2H3,(H,25,28). The molecule has 0 saturated carbocycles.